The van der Waals surface area contributed by atoms with Gasteiger partial charge in [0.15, 0.2) is 13.1 Å². The molecule has 3 amide bonds. The normalized spacial score (nSPS) is 14.2. The van der Waals surface area contributed by atoms with E-state index in [4.69, 9.17) is 16.3 Å². The Morgan fingerprint density at radius 3 is 2.59 bits per heavy atom. The second-order valence-electron chi connectivity index (χ2n) is 6.80. The van der Waals surface area contributed by atoms with Gasteiger partial charge < -0.3 is 25.2 Å². The second kappa shape index (κ2) is 9.57. The lowest BCUT2D eigenvalue weighted by atomic mass is 10.3. The first kappa shape index (κ1) is 21.0. The maximum Gasteiger partial charge on any atom is 0.277 e. The van der Waals surface area contributed by atoms with Crippen molar-refractivity contribution >= 4 is 35.0 Å². The van der Waals surface area contributed by atoms with Crippen molar-refractivity contribution in [1.29, 1.82) is 0 Å². The van der Waals surface area contributed by atoms with Crippen molar-refractivity contribution in [2.24, 2.45) is 0 Å². The number of carbonyl (C=O) groups excluding carboxylic acids is 3. The van der Waals surface area contributed by atoms with Gasteiger partial charge in [0.2, 0.25) is 5.91 Å². The van der Waals surface area contributed by atoms with Crippen molar-refractivity contribution in [2.45, 2.75) is 18.9 Å². The zero-order chi connectivity index (χ0) is 20.0. The van der Waals surface area contributed by atoms with Gasteiger partial charge in [-0.25, -0.2) is 0 Å². The molecule has 0 aliphatic heterocycles. The van der Waals surface area contributed by atoms with Crippen LogP contribution in [-0.4, -0.2) is 69.5 Å². The predicted octanol–water partition coefficient (Wildman–Crippen LogP) is -0.461. The molecule has 3 N–H and O–H groups in total. The highest BCUT2D eigenvalue weighted by Gasteiger charge is 2.25. The smallest absolute Gasteiger partial charge is 0.277 e. The van der Waals surface area contributed by atoms with Crippen LogP contribution >= 0.6 is 11.6 Å². The molecule has 1 aromatic carbocycles. The van der Waals surface area contributed by atoms with Crippen molar-refractivity contribution in [3.05, 3.63) is 23.2 Å². The molecule has 1 saturated carbocycles. The number of carbonyl (C=O) groups is 3. The molecule has 1 atom stereocenters. The molecule has 8 nitrogen and oxygen atoms in total. The minimum atomic E-state index is -0.365. The Morgan fingerprint density at radius 2 is 1.96 bits per heavy atom. The lowest BCUT2D eigenvalue weighted by Gasteiger charge is -2.20. The number of amides is 3. The Hall–Kier alpha value is -2.32. The molecule has 9 heteroatoms. The summed E-state index contributed by atoms with van der Waals surface area (Å²) in [5.74, 6) is -0.167. The van der Waals surface area contributed by atoms with E-state index in [0.717, 1.165) is 17.7 Å². The monoisotopic (exact) mass is 397 g/mol. The molecule has 148 valence electrons. The Bertz CT molecular complexity index is 709. The first-order chi connectivity index (χ1) is 12.8. The number of anilines is 1. The van der Waals surface area contributed by atoms with Crippen LogP contribution in [-0.2, 0) is 14.4 Å². The van der Waals surface area contributed by atoms with Crippen LogP contribution in [0.25, 0.3) is 0 Å². The van der Waals surface area contributed by atoms with Crippen LogP contribution in [0.2, 0.25) is 5.02 Å². The predicted molar refractivity (Wildman–Crippen MR) is 102 cm³/mol. The number of halogens is 1. The molecule has 1 unspecified atom stereocenters. The van der Waals surface area contributed by atoms with E-state index in [1.807, 2.05) is 0 Å². The number of likely N-dealkylation sites (N-methyl/N-ethyl adjacent to an activating group) is 2. The fraction of sp³-hybridized carbons (Fsp3) is 0.500. The SMILES string of the molecule is COc1ccc(Cl)cc1NC(=O)CN(C)C(=O)C[NH+](C)CC(=O)NC1CC1. The number of rotatable bonds is 9. The summed E-state index contributed by atoms with van der Waals surface area (Å²) in [6.45, 7) is 0.237. The van der Waals surface area contributed by atoms with Crippen molar-refractivity contribution in [1.82, 2.24) is 10.2 Å². The topological polar surface area (TPSA) is 92.2 Å². The third-order valence-electron chi connectivity index (χ3n) is 4.10. The Labute approximate surface area is 163 Å². The summed E-state index contributed by atoms with van der Waals surface area (Å²) in [5, 5.41) is 6.04. The highest BCUT2D eigenvalue weighted by Crippen LogP contribution is 2.27. The number of quaternary nitrogens is 1. The summed E-state index contributed by atoms with van der Waals surface area (Å²) in [4.78, 5) is 38.4. The van der Waals surface area contributed by atoms with Gasteiger partial charge in [0.25, 0.3) is 11.8 Å². The summed E-state index contributed by atoms with van der Waals surface area (Å²) in [6.07, 6.45) is 2.05. The molecule has 0 aromatic heterocycles. The molecule has 0 radical (unpaired) electrons. The minimum absolute atomic E-state index is 0.0590. The van der Waals surface area contributed by atoms with Gasteiger partial charge in [-0.3, -0.25) is 14.4 Å². The molecule has 0 spiro atoms. The first-order valence-corrected chi connectivity index (χ1v) is 9.14. The lowest BCUT2D eigenvalue weighted by molar-refractivity contribution is -0.862. The number of hydrogen-bond donors (Lipinski definition) is 3. The largest absolute Gasteiger partial charge is 0.495 e. The van der Waals surface area contributed by atoms with E-state index in [1.165, 1.54) is 12.0 Å². The molecule has 1 fully saturated rings. The van der Waals surface area contributed by atoms with Crippen molar-refractivity contribution in [2.75, 3.05) is 46.2 Å². The molecular formula is C18H26ClN4O4+. The number of methoxy groups -OCH3 is 1. The average molecular weight is 398 g/mol. The Kier molecular flexibility index (Phi) is 7.44. The van der Waals surface area contributed by atoms with Gasteiger partial charge in [-0.2, -0.15) is 0 Å². The maximum absolute atomic E-state index is 12.3. The summed E-state index contributed by atoms with van der Waals surface area (Å²) < 4.78 is 5.18. The van der Waals surface area contributed by atoms with Gasteiger partial charge >= 0.3 is 0 Å². The second-order valence-corrected chi connectivity index (χ2v) is 7.23. The molecule has 1 aliphatic carbocycles. The van der Waals surface area contributed by atoms with Crippen LogP contribution in [0, 0.1) is 0 Å². The van der Waals surface area contributed by atoms with Crippen molar-refractivity contribution < 1.29 is 24.0 Å². The van der Waals surface area contributed by atoms with Gasteiger partial charge in [0.05, 0.1) is 26.4 Å². The molecule has 2 rings (SSSR count). The molecule has 0 heterocycles. The lowest BCUT2D eigenvalue weighted by Crippen LogP contribution is -3.11. The summed E-state index contributed by atoms with van der Waals surface area (Å²) in [6, 6.07) is 5.19. The van der Waals surface area contributed by atoms with Gasteiger partial charge in [0.1, 0.15) is 5.75 Å². The molecule has 0 saturated heterocycles. The van der Waals surface area contributed by atoms with E-state index in [1.54, 1.807) is 32.3 Å². The van der Waals surface area contributed by atoms with Gasteiger partial charge in [-0.1, -0.05) is 11.6 Å². The molecular weight excluding hydrogens is 372 g/mol. The number of nitrogens with zero attached hydrogens (tertiary/aromatic N) is 1. The fourth-order valence-electron chi connectivity index (χ4n) is 2.51. The van der Waals surface area contributed by atoms with Crippen molar-refractivity contribution in [3.8, 4) is 5.75 Å². The van der Waals surface area contributed by atoms with E-state index in [2.05, 4.69) is 10.6 Å². The summed E-state index contributed by atoms with van der Waals surface area (Å²) in [7, 11) is 4.82. The standard InChI is InChI=1S/C18H25ClN4O4/c1-22(9-16(24)20-13-5-6-13)11-18(26)23(2)10-17(25)21-14-8-12(19)4-7-15(14)27-3/h4,7-8,13H,5-6,9-11H2,1-3H3,(H,20,24)(H,21,25)/p+1. The molecule has 1 aromatic rings. The van der Waals surface area contributed by atoms with Gasteiger partial charge in [-0.05, 0) is 31.0 Å². The average Bonchev–Trinajstić information content (AvgIpc) is 3.38. The van der Waals surface area contributed by atoms with Gasteiger partial charge in [-0.15, -0.1) is 0 Å². The highest BCUT2D eigenvalue weighted by molar-refractivity contribution is 6.31. The van der Waals surface area contributed by atoms with Crippen LogP contribution in [0.3, 0.4) is 0 Å². The van der Waals surface area contributed by atoms with Crippen LogP contribution < -0.4 is 20.3 Å². The van der Waals surface area contributed by atoms with Crippen LogP contribution in [0.5, 0.6) is 5.75 Å². The Morgan fingerprint density at radius 1 is 1.26 bits per heavy atom. The van der Waals surface area contributed by atoms with Gasteiger partial charge in [0, 0.05) is 18.1 Å². The van der Waals surface area contributed by atoms with E-state index in [9.17, 15) is 14.4 Å². The third kappa shape index (κ3) is 7.07. The number of benzene rings is 1. The first-order valence-electron chi connectivity index (χ1n) is 8.76. The zero-order valence-electron chi connectivity index (χ0n) is 15.8. The quantitative estimate of drug-likeness (QED) is 0.525. The van der Waals surface area contributed by atoms with E-state index < -0.39 is 0 Å². The summed E-state index contributed by atoms with van der Waals surface area (Å²) >= 11 is 5.94. The summed E-state index contributed by atoms with van der Waals surface area (Å²) in [5.41, 5.74) is 0.440. The van der Waals surface area contributed by atoms with Crippen LogP contribution in [0.1, 0.15) is 12.8 Å². The number of hydrogen-bond acceptors (Lipinski definition) is 4. The maximum atomic E-state index is 12.3. The number of nitrogens with one attached hydrogen (secondary N) is 3. The molecule has 27 heavy (non-hydrogen) atoms. The van der Waals surface area contributed by atoms with E-state index >= 15 is 0 Å². The zero-order valence-corrected chi connectivity index (χ0v) is 16.6. The third-order valence-corrected chi connectivity index (χ3v) is 4.34. The van der Waals surface area contributed by atoms with Crippen LogP contribution in [0.15, 0.2) is 18.2 Å². The molecule has 0 bridgehead atoms. The molecule has 1 aliphatic rings. The van der Waals surface area contributed by atoms with E-state index in [0.29, 0.717) is 22.5 Å². The Balaban J connectivity index is 1.79. The van der Waals surface area contributed by atoms with Crippen LogP contribution in [0.4, 0.5) is 5.69 Å². The van der Waals surface area contributed by atoms with E-state index in [-0.39, 0.29) is 37.4 Å². The highest BCUT2D eigenvalue weighted by atomic mass is 35.5. The van der Waals surface area contributed by atoms with Crippen molar-refractivity contribution in [3.63, 3.8) is 0 Å². The fourth-order valence-corrected chi connectivity index (χ4v) is 2.68. The number of ether oxygens (including phenoxy) is 1. The minimum Gasteiger partial charge on any atom is -0.495 e.